The van der Waals surface area contributed by atoms with Gasteiger partial charge in [-0.3, -0.25) is 13.8 Å². The van der Waals surface area contributed by atoms with Gasteiger partial charge in [0.2, 0.25) is 0 Å². The Morgan fingerprint density at radius 1 is 0.545 bits per heavy atom. The van der Waals surface area contributed by atoms with Crippen LogP contribution in [-0.2, 0) is 0 Å². The molecule has 206 valence electrons. The second-order valence-corrected chi connectivity index (χ2v) is 12.6. The average molecular weight is 601 g/mol. The van der Waals surface area contributed by atoms with Gasteiger partial charge in [-0.25, -0.2) is 15.0 Å². The summed E-state index contributed by atoms with van der Waals surface area (Å²) < 4.78 is 4.64. The second kappa shape index (κ2) is 9.03. The van der Waals surface area contributed by atoms with Crippen molar-refractivity contribution in [1.82, 2.24) is 28.7 Å². The molecule has 44 heavy (non-hydrogen) atoms. The molecule has 0 saturated heterocycles. The highest BCUT2D eigenvalue weighted by atomic mass is 32.1. The molecule has 10 aromatic rings. The van der Waals surface area contributed by atoms with Gasteiger partial charge in [0.05, 0.1) is 28.5 Å². The van der Waals surface area contributed by atoms with E-state index in [-0.39, 0.29) is 0 Å². The fourth-order valence-electron chi connectivity index (χ4n) is 6.68. The molecule has 3 aromatic carbocycles. The maximum atomic E-state index is 5.28. The fraction of sp³-hybridized carbons (Fsp3) is 0. The third-order valence-electron chi connectivity index (χ3n) is 8.43. The van der Waals surface area contributed by atoms with E-state index in [1.807, 2.05) is 24.4 Å². The van der Waals surface area contributed by atoms with Crippen molar-refractivity contribution in [3.05, 3.63) is 136 Å². The largest absolute Gasteiger partial charge is 0.276 e. The summed E-state index contributed by atoms with van der Waals surface area (Å²) in [7, 11) is 0. The van der Waals surface area contributed by atoms with Crippen molar-refractivity contribution in [2.24, 2.45) is 0 Å². The number of rotatable bonds is 3. The Morgan fingerprint density at radius 2 is 1.16 bits per heavy atom. The molecule has 0 N–H and O–H groups in total. The van der Waals surface area contributed by atoms with Gasteiger partial charge >= 0.3 is 0 Å². The standard InChI is InChI=1S/C36H20N6S2/c1-2-8-21(9-3-1)26-20-39-35-31(40-26)25-13-5-11-23-22-10-4-12-24-30-34(38-17-16-37-30)41(32(22)24)36(42(35)33(23)25)29(27-14-6-18-43-27)28-15-7-19-44-28/h1-20H. The highest BCUT2D eigenvalue weighted by Gasteiger charge is 2.24. The predicted molar refractivity (Wildman–Crippen MR) is 180 cm³/mol. The molecule has 0 saturated carbocycles. The minimum Gasteiger partial charge on any atom is -0.276 e. The van der Waals surface area contributed by atoms with E-state index in [2.05, 4.69) is 92.4 Å². The molecule has 0 atom stereocenters. The van der Waals surface area contributed by atoms with Crippen molar-refractivity contribution in [3.8, 4) is 11.3 Å². The van der Waals surface area contributed by atoms with Crippen LogP contribution in [0.2, 0.25) is 0 Å². The van der Waals surface area contributed by atoms with Crippen LogP contribution in [0.5, 0.6) is 0 Å². The van der Waals surface area contributed by atoms with E-state index in [4.69, 9.17) is 19.9 Å². The monoisotopic (exact) mass is 600 g/mol. The molecular weight excluding hydrogens is 581 g/mol. The molecule has 0 fully saturated rings. The first-order valence-corrected chi connectivity index (χ1v) is 16.1. The van der Waals surface area contributed by atoms with Crippen LogP contribution in [0.3, 0.4) is 0 Å². The quantitative estimate of drug-likeness (QED) is 0.205. The SMILES string of the molecule is c1ccc(-c2cnc3c(n2)c2cccc4c5cccc6c7nccnc7n(c(=C(c7cccs7)c7cccs7)n3c42)c56)cc1. The molecule has 7 heterocycles. The summed E-state index contributed by atoms with van der Waals surface area (Å²) in [5.74, 6) is 0. The Kier molecular flexibility index (Phi) is 4.94. The van der Waals surface area contributed by atoms with Crippen LogP contribution in [0, 0.1) is 0 Å². The number of para-hydroxylation sites is 2. The fourth-order valence-corrected chi connectivity index (χ4v) is 8.30. The van der Waals surface area contributed by atoms with E-state index in [1.54, 1.807) is 35.1 Å². The zero-order chi connectivity index (χ0) is 28.8. The molecule has 6 nitrogen and oxygen atoms in total. The summed E-state index contributed by atoms with van der Waals surface area (Å²) >= 11 is 3.47. The van der Waals surface area contributed by atoms with Gasteiger partial charge in [-0.2, -0.15) is 0 Å². The van der Waals surface area contributed by atoms with Gasteiger partial charge in [0.25, 0.3) is 0 Å². The molecule has 8 heteroatoms. The molecule has 0 amide bonds. The number of hydrogen-bond donors (Lipinski definition) is 0. The average Bonchev–Trinajstić information content (AvgIpc) is 3.89. The number of thiophene rings is 2. The third-order valence-corrected chi connectivity index (χ3v) is 10.2. The van der Waals surface area contributed by atoms with Crippen LogP contribution in [0.15, 0.2) is 120 Å². The Balaban J connectivity index is 1.60. The normalized spacial score (nSPS) is 12.1. The van der Waals surface area contributed by atoms with Gasteiger partial charge in [-0.15, -0.1) is 22.7 Å². The first kappa shape index (κ1) is 24.0. The van der Waals surface area contributed by atoms with E-state index in [0.717, 1.165) is 77.2 Å². The van der Waals surface area contributed by atoms with Crippen molar-refractivity contribution in [1.29, 1.82) is 0 Å². The Hall–Kier alpha value is -5.44. The predicted octanol–water partition coefficient (Wildman–Crippen LogP) is 8.14. The summed E-state index contributed by atoms with van der Waals surface area (Å²) in [4.78, 5) is 22.6. The number of aromatic nitrogens is 6. The number of benzene rings is 3. The zero-order valence-corrected chi connectivity index (χ0v) is 24.7. The minimum atomic E-state index is 0.805. The molecule has 0 aliphatic carbocycles. The lowest BCUT2D eigenvalue weighted by atomic mass is 10.1. The molecule has 0 spiro atoms. The summed E-state index contributed by atoms with van der Waals surface area (Å²) in [6.07, 6.45) is 5.46. The van der Waals surface area contributed by atoms with E-state index < -0.39 is 0 Å². The van der Waals surface area contributed by atoms with Gasteiger partial charge < -0.3 is 0 Å². The Labute approximate surface area is 257 Å². The van der Waals surface area contributed by atoms with Crippen molar-refractivity contribution in [3.63, 3.8) is 0 Å². The number of hydrogen-bond acceptors (Lipinski definition) is 6. The first-order valence-electron chi connectivity index (χ1n) is 14.3. The lowest BCUT2D eigenvalue weighted by Gasteiger charge is -2.08. The van der Waals surface area contributed by atoms with E-state index in [9.17, 15) is 0 Å². The maximum Gasteiger partial charge on any atom is 0.165 e. The number of fused-ring (bicyclic) bond motifs is 7. The summed E-state index contributed by atoms with van der Waals surface area (Å²) in [5, 5.41) is 8.68. The summed E-state index contributed by atoms with van der Waals surface area (Å²) in [5.41, 5.74) is 9.54. The van der Waals surface area contributed by atoms with Crippen molar-refractivity contribution in [2.45, 2.75) is 0 Å². The van der Waals surface area contributed by atoms with Crippen LogP contribution < -0.4 is 5.48 Å². The smallest absolute Gasteiger partial charge is 0.165 e. The van der Waals surface area contributed by atoms with Gasteiger partial charge in [-0.1, -0.05) is 78.9 Å². The maximum absolute atomic E-state index is 5.28. The number of nitrogens with zero attached hydrogens (tertiary/aromatic N) is 6. The minimum absolute atomic E-state index is 0.805. The topological polar surface area (TPSA) is 60.4 Å². The molecule has 0 unspecified atom stereocenters. The van der Waals surface area contributed by atoms with Gasteiger partial charge in [0, 0.05) is 49.3 Å². The van der Waals surface area contributed by atoms with Gasteiger partial charge in [0.15, 0.2) is 11.3 Å². The van der Waals surface area contributed by atoms with Crippen molar-refractivity contribution < 1.29 is 0 Å². The summed E-state index contributed by atoms with van der Waals surface area (Å²) in [6.45, 7) is 0. The van der Waals surface area contributed by atoms with E-state index >= 15 is 0 Å². The highest BCUT2D eigenvalue weighted by molar-refractivity contribution is 7.13. The van der Waals surface area contributed by atoms with Gasteiger partial charge in [0.1, 0.15) is 16.5 Å². The van der Waals surface area contributed by atoms with Gasteiger partial charge in [-0.05, 0) is 22.9 Å². The third kappa shape index (κ3) is 3.18. The molecule has 0 aliphatic rings. The zero-order valence-electron chi connectivity index (χ0n) is 23.0. The van der Waals surface area contributed by atoms with Crippen LogP contribution >= 0.6 is 22.7 Å². The summed E-state index contributed by atoms with van der Waals surface area (Å²) in [6, 6.07) is 31.9. The Bertz CT molecular complexity index is 2720. The lowest BCUT2D eigenvalue weighted by Crippen LogP contribution is -2.24. The van der Waals surface area contributed by atoms with Crippen LogP contribution in [-0.4, -0.2) is 28.7 Å². The molecule has 0 radical (unpaired) electrons. The molecule has 0 bridgehead atoms. The first-order chi connectivity index (χ1) is 21.9. The van der Waals surface area contributed by atoms with Crippen molar-refractivity contribution >= 4 is 83.2 Å². The molecular formula is C36H20N6S2. The molecule has 7 aromatic heterocycles. The van der Waals surface area contributed by atoms with E-state index in [0.29, 0.717) is 0 Å². The van der Waals surface area contributed by atoms with Crippen LogP contribution in [0.25, 0.3) is 71.7 Å². The Morgan fingerprint density at radius 3 is 1.82 bits per heavy atom. The van der Waals surface area contributed by atoms with Crippen LogP contribution in [0.4, 0.5) is 0 Å². The lowest BCUT2D eigenvalue weighted by molar-refractivity contribution is 1.000. The van der Waals surface area contributed by atoms with Crippen LogP contribution in [0.1, 0.15) is 9.75 Å². The van der Waals surface area contributed by atoms with E-state index in [1.165, 1.54) is 9.75 Å². The molecule has 0 aliphatic heterocycles. The molecule has 10 rings (SSSR count). The second-order valence-electron chi connectivity index (χ2n) is 10.7. The highest BCUT2D eigenvalue weighted by Crippen LogP contribution is 2.38. The van der Waals surface area contributed by atoms with Crippen molar-refractivity contribution in [2.75, 3.05) is 0 Å².